The average molecular weight is 247 g/mol. The van der Waals surface area contributed by atoms with E-state index < -0.39 is 5.97 Å². The van der Waals surface area contributed by atoms with Crippen LogP contribution in [0.4, 0.5) is 0 Å². The molecule has 0 aliphatic carbocycles. The molecule has 0 spiro atoms. The average Bonchev–Trinajstić information content (AvgIpc) is 2.71. The van der Waals surface area contributed by atoms with E-state index in [2.05, 4.69) is 11.9 Å². The van der Waals surface area contributed by atoms with Crippen molar-refractivity contribution >= 4 is 17.3 Å². The fourth-order valence-corrected chi connectivity index (χ4v) is 2.65. The van der Waals surface area contributed by atoms with Gasteiger partial charge in [0, 0.05) is 0 Å². The van der Waals surface area contributed by atoms with Crippen LogP contribution in [0.25, 0.3) is 10.4 Å². The molecule has 1 N–H and O–H groups in total. The summed E-state index contributed by atoms with van der Waals surface area (Å²) in [5.41, 5.74) is 2.35. The van der Waals surface area contributed by atoms with Gasteiger partial charge in [-0.3, -0.25) is 0 Å². The molecular weight excluding hydrogens is 234 g/mol. The lowest BCUT2D eigenvalue weighted by molar-refractivity contribution is 0.0697. The number of benzene rings is 1. The zero-order valence-electron chi connectivity index (χ0n) is 9.73. The van der Waals surface area contributed by atoms with E-state index in [0.717, 1.165) is 27.6 Å². The van der Waals surface area contributed by atoms with Crippen molar-refractivity contribution in [2.75, 3.05) is 0 Å². The Morgan fingerprint density at radius 2 is 2.00 bits per heavy atom. The number of aromatic nitrogens is 1. The van der Waals surface area contributed by atoms with Crippen molar-refractivity contribution in [2.45, 2.75) is 20.3 Å². The van der Waals surface area contributed by atoms with E-state index >= 15 is 0 Å². The standard InChI is InChI=1S/C13H13NO2S/c1-3-11-14-8(2)12(17-11)9-4-6-10(7-5-9)13(15)16/h4-7H,3H2,1-2H3,(H,15,16). The lowest BCUT2D eigenvalue weighted by atomic mass is 10.1. The molecule has 0 saturated heterocycles. The molecule has 0 unspecified atom stereocenters. The van der Waals surface area contributed by atoms with Crippen molar-refractivity contribution in [2.24, 2.45) is 0 Å². The monoisotopic (exact) mass is 247 g/mol. The lowest BCUT2D eigenvalue weighted by Gasteiger charge is -1.99. The van der Waals surface area contributed by atoms with Crippen LogP contribution in [0.5, 0.6) is 0 Å². The summed E-state index contributed by atoms with van der Waals surface area (Å²) in [7, 11) is 0. The zero-order chi connectivity index (χ0) is 12.4. The van der Waals surface area contributed by atoms with Gasteiger partial charge in [-0.15, -0.1) is 11.3 Å². The van der Waals surface area contributed by atoms with Gasteiger partial charge in [0.25, 0.3) is 0 Å². The third-order valence-electron chi connectivity index (χ3n) is 2.54. The summed E-state index contributed by atoms with van der Waals surface area (Å²) >= 11 is 1.67. The third kappa shape index (κ3) is 2.36. The molecule has 2 rings (SSSR count). The van der Waals surface area contributed by atoms with Crippen LogP contribution in [0.1, 0.15) is 28.0 Å². The van der Waals surface area contributed by atoms with Gasteiger partial charge in [0.2, 0.25) is 0 Å². The van der Waals surface area contributed by atoms with Gasteiger partial charge in [-0.2, -0.15) is 0 Å². The first-order valence-electron chi connectivity index (χ1n) is 5.42. The number of carboxylic acid groups (broad SMARTS) is 1. The highest BCUT2D eigenvalue weighted by Gasteiger charge is 2.09. The summed E-state index contributed by atoms with van der Waals surface area (Å²) in [5.74, 6) is -0.896. The molecule has 0 radical (unpaired) electrons. The van der Waals surface area contributed by atoms with Crippen molar-refractivity contribution in [3.63, 3.8) is 0 Å². The number of rotatable bonds is 3. The second-order valence-corrected chi connectivity index (χ2v) is 4.84. The number of carboxylic acids is 1. The number of nitrogens with zero attached hydrogens (tertiary/aromatic N) is 1. The Bertz CT molecular complexity index is 543. The fourth-order valence-electron chi connectivity index (χ4n) is 1.64. The van der Waals surface area contributed by atoms with E-state index in [4.69, 9.17) is 5.11 Å². The predicted molar refractivity (Wildman–Crippen MR) is 68.6 cm³/mol. The quantitative estimate of drug-likeness (QED) is 0.904. The molecule has 88 valence electrons. The molecule has 3 nitrogen and oxygen atoms in total. The van der Waals surface area contributed by atoms with E-state index in [-0.39, 0.29) is 0 Å². The highest BCUT2D eigenvalue weighted by molar-refractivity contribution is 7.15. The summed E-state index contributed by atoms with van der Waals surface area (Å²) in [4.78, 5) is 16.3. The largest absolute Gasteiger partial charge is 0.478 e. The normalized spacial score (nSPS) is 10.5. The van der Waals surface area contributed by atoms with Crippen molar-refractivity contribution < 1.29 is 9.90 Å². The maximum Gasteiger partial charge on any atom is 0.335 e. The first-order valence-corrected chi connectivity index (χ1v) is 6.23. The molecule has 0 atom stereocenters. The van der Waals surface area contributed by atoms with Crippen LogP contribution in [0, 0.1) is 6.92 Å². The summed E-state index contributed by atoms with van der Waals surface area (Å²) in [6.45, 7) is 4.06. The summed E-state index contributed by atoms with van der Waals surface area (Å²) in [6, 6.07) is 6.93. The van der Waals surface area contributed by atoms with E-state index in [1.165, 1.54) is 0 Å². The van der Waals surface area contributed by atoms with Crippen LogP contribution in [-0.4, -0.2) is 16.1 Å². The summed E-state index contributed by atoms with van der Waals surface area (Å²) in [6.07, 6.45) is 0.929. The molecular formula is C13H13NO2S. The highest BCUT2D eigenvalue weighted by Crippen LogP contribution is 2.30. The first kappa shape index (κ1) is 11.8. The van der Waals surface area contributed by atoms with E-state index in [1.54, 1.807) is 23.5 Å². The van der Waals surface area contributed by atoms with E-state index in [1.807, 2.05) is 19.1 Å². The van der Waals surface area contributed by atoms with Crippen molar-refractivity contribution in [3.8, 4) is 10.4 Å². The van der Waals surface area contributed by atoms with Gasteiger partial charge in [-0.1, -0.05) is 19.1 Å². The Labute approximate surface area is 104 Å². The maximum atomic E-state index is 10.8. The second kappa shape index (κ2) is 4.67. The number of hydrogen-bond donors (Lipinski definition) is 1. The SMILES string of the molecule is CCc1nc(C)c(-c2ccc(C(=O)O)cc2)s1. The molecule has 1 aromatic heterocycles. The molecule has 0 saturated carbocycles. The highest BCUT2D eigenvalue weighted by atomic mass is 32.1. The van der Waals surface area contributed by atoms with Gasteiger partial charge in [0.15, 0.2) is 0 Å². The molecule has 2 aromatic rings. The number of hydrogen-bond acceptors (Lipinski definition) is 3. The summed E-state index contributed by atoms with van der Waals surface area (Å²) < 4.78 is 0. The van der Waals surface area contributed by atoms with Crippen LogP contribution in [0.15, 0.2) is 24.3 Å². The third-order valence-corrected chi connectivity index (χ3v) is 3.89. The van der Waals surface area contributed by atoms with Crippen LogP contribution in [-0.2, 0) is 6.42 Å². The minimum atomic E-state index is -0.896. The molecule has 17 heavy (non-hydrogen) atoms. The number of aromatic carboxylic acids is 1. The second-order valence-electron chi connectivity index (χ2n) is 3.76. The topological polar surface area (TPSA) is 50.2 Å². The maximum absolute atomic E-state index is 10.8. The van der Waals surface area contributed by atoms with Crippen LogP contribution in [0.2, 0.25) is 0 Å². The first-order chi connectivity index (χ1) is 8.11. The summed E-state index contributed by atoms with van der Waals surface area (Å²) in [5, 5.41) is 9.94. The Morgan fingerprint density at radius 3 is 2.47 bits per heavy atom. The molecule has 0 aliphatic heterocycles. The Kier molecular flexibility index (Phi) is 3.24. The minimum Gasteiger partial charge on any atom is -0.478 e. The Morgan fingerprint density at radius 1 is 1.35 bits per heavy atom. The molecule has 1 aromatic carbocycles. The fraction of sp³-hybridized carbons (Fsp3) is 0.231. The minimum absolute atomic E-state index is 0.312. The predicted octanol–water partition coefficient (Wildman–Crippen LogP) is 3.38. The number of thiazole rings is 1. The van der Waals surface area contributed by atoms with Crippen LogP contribution >= 0.6 is 11.3 Å². The molecule has 4 heteroatoms. The smallest absolute Gasteiger partial charge is 0.335 e. The van der Waals surface area contributed by atoms with Gasteiger partial charge in [0.05, 0.1) is 21.1 Å². The van der Waals surface area contributed by atoms with Crippen LogP contribution in [0.3, 0.4) is 0 Å². The number of aryl methyl sites for hydroxylation is 2. The van der Waals surface area contributed by atoms with Gasteiger partial charge in [-0.05, 0) is 31.0 Å². The Balaban J connectivity index is 2.39. The lowest BCUT2D eigenvalue weighted by Crippen LogP contribution is -1.94. The Hall–Kier alpha value is -1.68. The van der Waals surface area contributed by atoms with E-state index in [9.17, 15) is 4.79 Å². The molecule has 0 aliphatic rings. The van der Waals surface area contributed by atoms with Crippen molar-refractivity contribution in [3.05, 3.63) is 40.5 Å². The van der Waals surface area contributed by atoms with Gasteiger partial charge < -0.3 is 5.11 Å². The van der Waals surface area contributed by atoms with Gasteiger partial charge >= 0.3 is 5.97 Å². The van der Waals surface area contributed by atoms with Crippen molar-refractivity contribution in [1.82, 2.24) is 4.98 Å². The molecule has 0 amide bonds. The molecule has 0 fully saturated rings. The molecule has 0 bridgehead atoms. The van der Waals surface area contributed by atoms with E-state index in [0.29, 0.717) is 5.56 Å². The van der Waals surface area contributed by atoms with Gasteiger partial charge in [0.1, 0.15) is 0 Å². The van der Waals surface area contributed by atoms with Crippen molar-refractivity contribution in [1.29, 1.82) is 0 Å². The number of carbonyl (C=O) groups is 1. The molecule has 1 heterocycles. The zero-order valence-corrected chi connectivity index (χ0v) is 10.5. The van der Waals surface area contributed by atoms with Crippen LogP contribution < -0.4 is 0 Å². The van der Waals surface area contributed by atoms with Gasteiger partial charge in [-0.25, -0.2) is 9.78 Å².